The van der Waals surface area contributed by atoms with Gasteiger partial charge in [0.2, 0.25) is 0 Å². The van der Waals surface area contributed by atoms with Crippen molar-refractivity contribution in [2.45, 2.75) is 25.4 Å². The molecule has 1 unspecified atom stereocenters. The summed E-state index contributed by atoms with van der Waals surface area (Å²) < 4.78 is 5.59. The number of pyridine rings is 1. The highest BCUT2D eigenvalue weighted by Crippen LogP contribution is 2.26. The van der Waals surface area contributed by atoms with Gasteiger partial charge >= 0.3 is 0 Å². The van der Waals surface area contributed by atoms with Crippen LogP contribution in [-0.4, -0.2) is 11.6 Å². The average Bonchev–Trinajstić information content (AvgIpc) is 2.21. The molecule has 2 heteroatoms. The molecule has 2 rings (SSSR count). The Labute approximate surface area is 72.6 Å². The van der Waals surface area contributed by atoms with Crippen molar-refractivity contribution in [1.82, 2.24) is 4.98 Å². The van der Waals surface area contributed by atoms with Crippen LogP contribution in [0.3, 0.4) is 0 Å². The lowest BCUT2D eigenvalue weighted by atomic mass is 10.0. The van der Waals surface area contributed by atoms with E-state index in [-0.39, 0.29) is 6.10 Å². The van der Waals surface area contributed by atoms with Crippen LogP contribution in [0.15, 0.2) is 18.3 Å². The Morgan fingerprint density at radius 2 is 2.50 bits per heavy atom. The van der Waals surface area contributed by atoms with Gasteiger partial charge in [0.25, 0.3) is 0 Å². The first kappa shape index (κ1) is 7.74. The van der Waals surface area contributed by atoms with Crippen LogP contribution >= 0.6 is 0 Å². The molecule has 2 heterocycles. The zero-order chi connectivity index (χ0) is 8.23. The van der Waals surface area contributed by atoms with Crippen LogP contribution in [0.2, 0.25) is 0 Å². The van der Waals surface area contributed by atoms with Gasteiger partial charge in [-0.2, -0.15) is 0 Å². The quantitative estimate of drug-likeness (QED) is 0.631. The molecule has 0 spiro atoms. The van der Waals surface area contributed by atoms with Crippen molar-refractivity contribution in [2.24, 2.45) is 0 Å². The molecule has 1 radical (unpaired) electrons. The smallest absolute Gasteiger partial charge is 0.0947 e. The first-order chi connectivity index (χ1) is 5.97. The van der Waals surface area contributed by atoms with Gasteiger partial charge < -0.3 is 4.74 Å². The third-order valence-corrected chi connectivity index (χ3v) is 2.16. The molecular formula is C10H12NO. The Kier molecular flexibility index (Phi) is 2.37. The summed E-state index contributed by atoms with van der Waals surface area (Å²) in [5, 5.41) is 0. The highest BCUT2D eigenvalue weighted by atomic mass is 16.5. The molecular weight excluding hydrogens is 150 g/mol. The number of hydrogen-bond acceptors (Lipinski definition) is 2. The van der Waals surface area contributed by atoms with Crippen LogP contribution in [0.4, 0.5) is 0 Å². The first-order valence-electron chi connectivity index (χ1n) is 4.41. The molecule has 1 aliphatic heterocycles. The maximum atomic E-state index is 5.59. The Hall–Kier alpha value is -0.890. The second-order valence-corrected chi connectivity index (χ2v) is 3.06. The summed E-state index contributed by atoms with van der Waals surface area (Å²) in [5.41, 5.74) is 1.09. The van der Waals surface area contributed by atoms with Crippen LogP contribution in [0, 0.1) is 6.20 Å². The third kappa shape index (κ3) is 1.64. The van der Waals surface area contributed by atoms with E-state index in [0.29, 0.717) is 0 Å². The van der Waals surface area contributed by atoms with E-state index in [1.165, 1.54) is 12.8 Å². The molecule has 1 saturated heterocycles. The topological polar surface area (TPSA) is 22.1 Å². The maximum absolute atomic E-state index is 5.59. The molecule has 0 aliphatic carbocycles. The SMILES string of the molecule is [c]1ncccc1C1CCCCO1. The number of nitrogens with zero attached hydrogens (tertiary/aromatic N) is 1. The largest absolute Gasteiger partial charge is 0.373 e. The Bertz CT molecular complexity index is 229. The highest BCUT2D eigenvalue weighted by molar-refractivity contribution is 5.10. The minimum atomic E-state index is 0.243. The second-order valence-electron chi connectivity index (χ2n) is 3.06. The van der Waals surface area contributed by atoms with Crippen molar-refractivity contribution in [1.29, 1.82) is 0 Å². The molecule has 2 nitrogen and oxygen atoms in total. The van der Waals surface area contributed by atoms with E-state index < -0.39 is 0 Å². The fourth-order valence-electron chi connectivity index (χ4n) is 1.50. The summed E-state index contributed by atoms with van der Waals surface area (Å²) >= 11 is 0. The van der Waals surface area contributed by atoms with Crippen molar-refractivity contribution >= 4 is 0 Å². The monoisotopic (exact) mass is 162 g/mol. The summed E-state index contributed by atoms with van der Waals surface area (Å²) in [7, 11) is 0. The molecule has 1 aromatic heterocycles. The minimum absolute atomic E-state index is 0.243. The molecule has 1 aromatic rings. The molecule has 0 N–H and O–H groups in total. The zero-order valence-corrected chi connectivity index (χ0v) is 6.99. The van der Waals surface area contributed by atoms with Gasteiger partial charge in [0.05, 0.1) is 12.3 Å². The molecule has 0 bridgehead atoms. The summed E-state index contributed by atoms with van der Waals surface area (Å²) in [6.07, 6.45) is 8.51. The number of aromatic nitrogens is 1. The van der Waals surface area contributed by atoms with Crippen molar-refractivity contribution in [3.8, 4) is 0 Å². The molecule has 1 atom stereocenters. The highest BCUT2D eigenvalue weighted by Gasteiger charge is 2.15. The van der Waals surface area contributed by atoms with Gasteiger partial charge in [-0.3, -0.25) is 4.98 Å². The Morgan fingerprint density at radius 1 is 1.50 bits per heavy atom. The van der Waals surface area contributed by atoms with Crippen LogP contribution in [0.1, 0.15) is 30.9 Å². The lowest BCUT2D eigenvalue weighted by Crippen LogP contribution is -2.11. The van der Waals surface area contributed by atoms with Gasteiger partial charge in [0.15, 0.2) is 0 Å². The number of hydrogen-bond donors (Lipinski definition) is 0. The fraction of sp³-hybridized carbons (Fsp3) is 0.500. The number of rotatable bonds is 1. The van der Waals surface area contributed by atoms with Crippen LogP contribution in [0.25, 0.3) is 0 Å². The summed E-state index contributed by atoms with van der Waals surface area (Å²) in [6, 6.07) is 3.97. The lowest BCUT2D eigenvalue weighted by Gasteiger charge is -2.21. The molecule has 12 heavy (non-hydrogen) atoms. The predicted octanol–water partition coefficient (Wildman–Crippen LogP) is 2.12. The van der Waals surface area contributed by atoms with Crippen LogP contribution in [0.5, 0.6) is 0 Å². The van der Waals surface area contributed by atoms with E-state index in [1.807, 2.05) is 12.1 Å². The predicted molar refractivity (Wildman–Crippen MR) is 45.6 cm³/mol. The fourth-order valence-corrected chi connectivity index (χ4v) is 1.50. The van der Waals surface area contributed by atoms with Crippen LogP contribution in [-0.2, 0) is 4.74 Å². The van der Waals surface area contributed by atoms with E-state index in [1.54, 1.807) is 6.20 Å². The van der Waals surface area contributed by atoms with Gasteiger partial charge in [-0.15, -0.1) is 0 Å². The molecule has 1 aliphatic rings. The van der Waals surface area contributed by atoms with Crippen molar-refractivity contribution in [2.75, 3.05) is 6.61 Å². The standard InChI is InChI=1S/C10H12NO/c1-2-7-12-10(5-1)9-4-3-6-11-8-9/h3-4,6,10H,1-2,5,7H2. The zero-order valence-electron chi connectivity index (χ0n) is 6.99. The van der Waals surface area contributed by atoms with E-state index >= 15 is 0 Å². The van der Waals surface area contributed by atoms with E-state index in [2.05, 4.69) is 11.2 Å². The van der Waals surface area contributed by atoms with Gasteiger partial charge in [0, 0.05) is 18.4 Å². The molecule has 0 saturated carbocycles. The molecule has 0 aromatic carbocycles. The summed E-state index contributed by atoms with van der Waals surface area (Å²) in [4.78, 5) is 3.95. The maximum Gasteiger partial charge on any atom is 0.0947 e. The molecule has 63 valence electrons. The molecule has 1 fully saturated rings. The second kappa shape index (κ2) is 3.68. The van der Waals surface area contributed by atoms with Crippen molar-refractivity contribution in [3.05, 3.63) is 30.1 Å². The average molecular weight is 162 g/mol. The third-order valence-electron chi connectivity index (χ3n) is 2.16. The van der Waals surface area contributed by atoms with E-state index in [4.69, 9.17) is 4.74 Å². The minimum Gasteiger partial charge on any atom is -0.373 e. The Balaban J connectivity index is 2.08. The van der Waals surface area contributed by atoms with Gasteiger partial charge in [-0.25, -0.2) is 0 Å². The summed E-state index contributed by atoms with van der Waals surface area (Å²) in [5.74, 6) is 0. The van der Waals surface area contributed by atoms with Gasteiger partial charge in [0.1, 0.15) is 0 Å². The van der Waals surface area contributed by atoms with E-state index in [0.717, 1.165) is 18.6 Å². The summed E-state index contributed by atoms with van der Waals surface area (Å²) in [6.45, 7) is 0.882. The lowest BCUT2D eigenvalue weighted by molar-refractivity contribution is 0.0146. The Morgan fingerprint density at radius 3 is 3.17 bits per heavy atom. The van der Waals surface area contributed by atoms with Crippen molar-refractivity contribution < 1.29 is 4.74 Å². The van der Waals surface area contributed by atoms with E-state index in [9.17, 15) is 0 Å². The van der Waals surface area contributed by atoms with Gasteiger partial charge in [-0.05, 0) is 25.3 Å². The van der Waals surface area contributed by atoms with Gasteiger partial charge in [-0.1, -0.05) is 6.07 Å². The van der Waals surface area contributed by atoms with Crippen molar-refractivity contribution in [3.63, 3.8) is 0 Å². The molecule has 0 amide bonds. The first-order valence-corrected chi connectivity index (χ1v) is 4.41. The normalized spacial score (nSPS) is 23.8. The number of ether oxygens (including phenoxy) is 1. The van der Waals surface area contributed by atoms with Crippen LogP contribution < -0.4 is 0 Å².